The molecule has 4 aliphatic rings. The first-order valence-corrected chi connectivity index (χ1v) is 15.9. The van der Waals surface area contributed by atoms with Crippen LogP contribution in [0.1, 0.15) is 120 Å². The van der Waals surface area contributed by atoms with Crippen LogP contribution in [-0.4, -0.2) is 73.8 Å². The highest BCUT2D eigenvalue weighted by molar-refractivity contribution is 6.00. The fraction of sp³-hybridized carbons (Fsp3) is 0.839. The summed E-state index contributed by atoms with van der Waals surface area (Å²) in [6.07, 6.45) is 13.9. The van der Waals surface area contributed by atoms with Gasteiger partial charge in [0.25, 0.3) is 0 Å². The number of rotatable bonds is 8. The van der Waals surface area contributed by atoms with Gasteiger partial charge in [-0.3, -0.25) is 19.2 Å². The zero-order valence-corrected chi connectivity index (χ0v) is 25.8. The third kappa shape index (κ3) is 6.10. The molecule has 0 aromatic carbocycles. The largest absolute Gasteiger partial charge is 0.390 e. The SMILES string of the molecule is CCCCN1C(=O)[C@@H]([C@H](O)C2CCCCC2)NC(=O)C12CCN(Cc1c(C)nn(C3CCCCC3)c1C)CC2.Cl. The molecule has 2 amide bonds. The van der Waals surface area contributed by atoms with Gasteiger partial charge in [-0.05, 0) is 64.7 Å². The van der Waals surface area contributed by atoms with Gasteiger partial charge in [-0.15, -0.1) is 12.4 Å². The lowest BCUT2D eigenvalue weighted by Gasteiger charge is -2.52. The molecule has 2 N–H and O–H groups in total. The van der Waals surface area contributed by atoms with Crippen molar-refractivity contribution >= 4 is 24.2 Å². The zero-order valence-electron chi connectivity index (χ0n) is 25.0. The van der Waals surface area contributed by atoms with Gasteiger partial charge in [0.15, 0.2) is 0 Å². The van der Waals surface area contributed by atoms with E-state index in [0.29, 0.717) is 25.4 Å². The summed E-state index contributed by atoms with van der Waals surface area (Å²) in [5, 5.41) is 19.2. The molecule has 2 saturated heterocycles. The molecule has 0 radical (unpaired) electrons. The Morgan fingerprint density at radius 1 is 1.00 bits per heavy atom. The van der Waals surface area contributed by atoms with E-state index in [2.05, 4.69) is 35.7 Å². The highest BCUT2D eigenvalue weighted by atomic mass is 35.5. The Bertz CT molecular complexity index is 1010. The number of amides is 2. The van der Waals surface area contributed by atoms with Gasteiger partial charge in [-0.2, -0.15) is 5.10 Å². The standard InChI is InChI=1S/C31H51N5O3.ClH/c1-4-5-18-35-29(38)27(28(37)24-12-8-6-9-13-24)32-30(39)31(35)16-19-34(20-17-31)21-26-22(2)33-36(23(26)3)25-14-10-7-11-15-25;/h24-25,27-28,37H,4-21H2,1-3H3,(H,32,39);1H/t27-,28-;/m1./s1. The number of aromatic nitrogens is 2. The predicted octanol–water partition coefficient (Wildman–Crippen LogP) is 4.83. The van der Waals surface area contributed by atoms with E-state index in [-0.39, 0.29) is 30.1 Å². The molecule has 2 atom stereocenters. The summed E-state index contributed by atoms with van der Waals surface area (Å²) in [7, 11) is 0. The Balaban J connectivity index is 0.00000370. The summed E-state index contributed by atoms with van der Waals surface area (Å²) in [5.41, 5.74) is 2.92. The Hall–Kier alpha value is -1.64. The fourth-order valence-electron chi connectivity index (χ4n) is 7.87. The summed E-state index contributed by atoms with van der Waals surface area (Å²) in [6.45, 7) is 9.43. The molecule has 2 saturated carbocycles. The maximum absolute atomic E-state index is 13.9. The molecule has 40 heavy (non-hydrogen) atoms. The van der Waals surface area contributed by atoms with Gasteiger partial charge >= 0.3 is 0 Å². The van der Waals surface area contributed by atoms with Crippen LogP contribution in [0.25, 0.3) is 0 Å². The van der Waals surface area contributed by atoms with Crippen LogP contribution in [0.5, 0.6) is 0 Å². The quantitative estimate of drug-likeness (QED) is 0.462. The number of piperazine rings is 1. The average molecular weight is 578 g/mol. The molecule has 1 aromatic rings. The molecule has 5 rings (SSSR count). The summed E-state index contributed by atoms with van der Waals surface area (Å²) in [6, 6.07) is -0.283. The minimum Gasteiger partial charge on any atom is -0.390 e. The summed E-state index contributed by atoms with van der Waals surface area (Å²) >= 11 is 0. The van der Waals surface area contributed by atoms with Crippen molar-refractivity contribution in [3.63, 3.8) is 0 Å². The number of nitrogens with zero attached hydrogens (tertiary/aromatic N) is 4. The number of hydrogen-bond donors (Lipinski definition) is 2. The van der Waals surface area contributed by atoms with Crippen LogP contribution >= 0.6 is 12.4 Å². The van der Waals surface area contributed by atoms with Crippen LogP contribution in [0.15, 0.2) is 0 Å². The summed E-state index contributed by atoms with van der Waals surface area (Å²) in [5.74, 6) is -0.0388. The van der Waals surface area contributed by atoms with Crippen LogP contribution in [0.4, 0.5) is 0 Å². The second kappa shape index (κ2) is 13.6. The van der Waals surface area contributed by atoms with Gasteiger partial charge in [0.1, 0.15) is 11.6 Å². The normalized spacial score (nSPS) is 25.6. The predicted molar refractivity (Wildman–Crippen MR) is 159 cm³/mol. The van der Waals surface area contributed by atoms with Crippen molar-refractivity contribution in [2.45, 2.75) is 141 Å². The molecule has 4 fully saturated rings. The maximum Gasteiger partial charge on any atom is 0.248 e. The topological polar surface area (TPSA) is 90.7 Å². The van der Waals surface area contributed by atoms with Crippen LogP contribution in [0, 0.1) is 19.8 Å². The third-order valence-electron chi connectivity index (χ3n) is 10.4. The minimum atomic E-state index is -0.808. The lowest BCUT2D eigenvalue weighted by Crippen LogP contribution is -2.75. The van der Waals surface area contributed by atoms with E-state index in [0.717, 1.165) is 63.9 Å². The van der Waals surface area contributed by atoms with Crippen molar-refractivity contribution in [3.05, 3.63) is 17.0 Å². The Kier molecular flexibility index (Phi) is 10.6. The van der Waals surface area contributed by atoms with Crippen molar-refractivity contribution in [1.82, 2.24) is 24.9 Å². The molecular formula is C31H52ClN5O3. The van der Waals surface area contributed by atoms with Gasteiger partial charge in [0.2, 0.25) is 11.8 Å². The van der Waals surface area contributed by atoms with Crippen LogP contribution < -0.4 is 5.32 Å². The number of likely N-dealkylation sites (tertiary alicyclic amines) is 1. The second-order valence-corrected chi connectivity index (χ2v) is 12.9. The number of hydrogen-bond acceptors (Lipinski definition) is 5. The first-order valence-electron chi connectivity index (χ1n) is 15.9. The number of halogens is 1. The minimum absolute atomic E-state index is 0. The molecule has 3 heterocycles. The van der Waals surface area contributed by atoms with Gasteiger partial charge in [0.05, 0.1) is 17.8 Å². The second-order valence-electron chi connectivity index (χ2n) is 12.9. The number of aliphatic hydroxyl groups excluding tert-OH is 1. The van der Waals surface area contributed by atoms with Gasteiger partial charge in [-0.1, -0.05) is 51.9 Å². The Labute approximate surface area is 247 Å². The molecule has 2 aliphatic heterocycles. The number of nitrogens with one attached hydrogen (secondary N) is 1. The molecule has 0 unspecified atom stereocenters. The highest BCUT2D eigenvalue weighted by Crippen LogP contribution is 2.37. The molecule has 1 aromatic heterocycles. The molecule has 1 spiro atoms. The number of aryl methyl sites for hydroxylation is 1. The Morgan fingerprint density at radius 3 is 2.25 bits per heavy atom. The van der Waals surface area contributed by atoms with Crippen molar-refractivity contribution in [3.8, 4) is 0 Å². The lowest BCUT2D eigenvalue weighted by atomic mass is 9.78. The maximum atomic E-state index is 13.9. The van der Waals surface area contributed by atoms with E-state index >= 15 is 0 Å². The number of carbonyl (C=O) groups excluding carboxylic acids is 2. The van der Waals surface area contributed by atoms with Crippen LogP contribution in [0.2, 0.25) is 0 Å². The molecular weight excluding hydrogens is 526 g/mol. The van der Waals surface area contributed by atoms with Gasteiger partial charge in [0, 0.05) is 37.4 Å². The lowest BCUT2D eigenvalue weighted by molar-refractivity contribution is -0.166. The number of carbonyl (C=O) groups is 2. The number of aliphatic hydroxyl groups is 1. The molecule has 0 bridgehead atoms. The average Bonchev–Trinajstić information content (AvgIpc) is 3.25. The molecule has 9 heteroatoms. The Morgan fingerprint density at radius 2 is 1.62 bits per heavy atom. The van der Waals surface area contributed by atoms with E-state index < -0.39 is 17.7 Å². The zero-order chi connectivity index (χ0) is 27.6. The number of unbranched alkanes of at least 4 members (excludes halogenated alkanes) is 1. The van der Waals surface area contributed by atoms with Crippen molar-refractivity contribution in [2.24, 2.45) is 5.92 Å². The summed E-state index contributed by atoms with van der Waals surface area (Å²) < 4.78 is 2.28. The fourth-order valence-corrected chi connectivity index (χ4v) is 7.87. The summed E-state index contributed by atoms with van der Waals surface area (Å²) in [4.78, 5) is 32.0. The molecule has 8 nitrogen and oxygen atoms in total. The van der Waals surface area contributed by atoms with Crippen molar-refractivity contribution in [1.29, 1.82) is 0 Å². The van der Waals surface area contributed by atoms with Gasteiger partial charge in [-0.25, -0.2) is 0 Å². The smallest absolute Gasteiger partial charge is 0.248 e. The first kappa shape index (κ1) is 31.3. The molecule has 226 valence electrons. The molecule has 2 aliphatic carbocycles. The van der Waals surface area contributed by atoms with Gasteiger partial charge < -0.3 is 15.3 Å². The first-order chi connectivity index (χ1) is 18.9. The van der Waals surface area contributed by atoms with Crippen molar-refractivity contribution in [2.75, 3.05) is 19.6 Å². The van der Waals surface area contributed by atoms with E-state index in [1.54, 1.807) is 0 Å². The van der Waals surface area contributed by atoms with E-state index in [1.165, 1.54) is 49.8 Å². The van der Waals surface area contributed by atoms with Crippen LogP contribution in [0.3, 0.4) is 0 Å². The van der Waals surface area contributed by atoms with Crippen LogP contribution in [-0.2, 0) is 16.1 Å². The number of piperidine rings is 1. The van der Waals surface area contributed by atoms with E-state index in [4.69, 9.17) is 5.10 Å². The van der Waals surface area contributed by atoms with E-state index in [9.17, 15) is 14.7 Å². The monoisotopic (exact) mass is 577 g/mol. The van der Waals surface area contributed by atoms with E-state index in [1.807, 2.05) is 4.90 Å². The van der Waals surface area contributed by atoms with Crippen molar-refractivity contribution < 1.29 is 14.7 Å². The highest BCUT2D eigenvalue weighted by Gasteiger charge is 2.55. The third-order valence-corrected chi connectivity index (χ3v) is 10.4.